The lowest BCUT2D eigenvalue weighted by Crippen LogP contribution is -2.37. The van der Waals surface area contributed by atoms with Crippen LogP contribution in [0, 0.1) is 5.82 Å². The van der Waals surface area contributed by atoms with Gasteiger partial charge in [-0.25, -0.2) is 4.39 Å². The number of hydrogen-bond donors (Lipinski definition) is 1. The number of rotatable bonds is 10. The summed E-state index contributed by atoms with van der Waals surface area (Å²) in [5, 5.41) is 3.89. The average Bonchev–Trinajstić information content (AvgIpc) is 2.74. The van der Waals surface area contributed by atoms with Crippen LogP contribution in [0.4, 0.5) is 4.39 Å². The van der Waals surface area contributed by atoms with Crippen molar-refractivity contribution in [2.45, 2.75) is 19.6 Å². The third-order valence-electron chi connectivity index (χ3n) is 4.88. The third-order valence-corrected chi connectivity index (χ3v) is 5.16. The lowest BCUT2D eigenvalue weighted by atomic mass is 10.2. The minimum absolute atomic E-state index is 0. The van der Waals surface area contributed by atoms with Crippen molar-refractivity contribution >= 4 is 36.4 Å². The minimum atomic E-state index is -0.305. The predicted octanol–water partition coefficient (Wildman–Crippen LogP) is 4.72. The van der Waals surface area contributed by atoms with Gasteiger partial charge in [-0.15, -0.1) is 24.8 Å². The summed E-state index contributed by atoms with van der Waals surface area (Å²) < 4.78 is 30.4. The van der Waals surface area contributed by atoms with Gasteiger partial charge >= 0.3 is 0 Å². The zero-order valence-electron chi connectivity index (χ0n) is 17.6. The normalized spacial score (nSPS) is 13.8. The molecule has 0 spiro atoms. The van der Waals surface area contributed by atoms with Gasteiger partial charge in [0.25, 0.3) is 0 Å². The number of hydrogen-bond acceptors (Lipinski definition) is 5. The Morgan fingerprint density at radius 3 is 2.61 bits per heavy atom. The molecule has 1 fully saturated rings. The molecule has 0 unspecified atom stereocenters. The number of nitrogens with zero attached hydrogens (tertiary/aromatic N) is 1. The van der Waals surface area contributed by atoms with E-state index in [9.17, 15) is 4.39 Å². The zero-order chi connectivity index (χ0) is 20.5. The monoisotopic (exact) mass is 494 g/mol. The molecule has 1 saturated heterocycles. The maximum Gasteiger partial charge on any atom is 0.180 e. The van der Waals surface area contributed by atoms with E-state index in [-0.39, 0.29) is 37.2 Å². The van der Waals surface area contributed by atoms with Crippen LogP contribution in [0.5, 0.6) is 11.5 Å². The number of morpholine rings is 1. The largest absolute Gasteiger partial charge is 0.493 e. The predicted molar refractivity (Wildman–Crippen MR) is 127 cm³/mol. The molecule has 0 radical (unpaired) electrons. The van der Waals surface area contributed by atoms with Crippen LogP contribution in [0.1, 0.15) is 17.5 Å². The number of methoxy groups -OCH3 is 1. The van der Waals surface area contributed by atoms with E-state index in [2.05, 4.69) is 10.2 Å². The summed E-state index contributed by atoms with van der Waals surface area (Å²) in [5.41, 5.74) is 1.48. The second-order valence-corrected chi connectivity index (χ2v) is 7.38. The summed E-state index contributed by atoms with van der Waals surface area (Å²) in [4.78, 5) is 2.42. The lowest BCUT2D eigenvalue weighted by Gasteiger charge is -2.26. The molecule has 1 aliphatic rings. The van der Waals surface area contributed by atoms with Gasteiger partial charge in [-0.3, -0.25) is 4.90 Å². The van der Waals surface area contributed by atoms with Crippen molar-refractivity contribution in [3.8, 4) is 11.5 Å². The highest BCUT2D eigenvalue weighted by Crippen LogP contribution is 2.37. The quantitative estimate of drug-likeness (QED) is 0.483. The zero-order valence-corrected chi connectivity index (χ0v) is 20.0. The molecule has 0 aromatic heterocycles. The Kier molecular flexibility index (Phi) is 13.2. The molecule has 3 rings (SSSR count). The first-order valence-electron chi connectivity index (χ1n) is 9.91. The van der Waals surface area contributed by atoms with E-state index in [1.807, 2.05) is 12.1 Å². The van der Waals surface area contributed by atoms with Crippen LogP contribution in [0.15, 0.2) is 36.4 Å². The SMILES string of the molecule is COc1cc(CNCCCN2CCOCC2)cc(Cl)c1OCc1ccccc1F.Cl.Cl. The van der Waals surface area contributed by atoms with Crippen LogP contribution in [-0.2, 0) is 17.9 Å². The summed E-state index contributed by atoms with van der Waals surface area (Å²) in [7, 11) is 1.57. The van der Waals surface area contributed by atoms with E-state index in [4.69, 9.17) is 25.8 Å². The van der Waals surface area contributed by atoms with Crippen LogP contribution >= 0.6 is 36.4 Å². The molecule has 1 aliphatic heterocycles. The van der Waals surface area contributed by atoms with E-state index in [1.165, 1.54) is 6.07 Å². The van der Waals surface area contributed by atoms with Crippen molar-refractivity contribution in [2.75, 3.05) is 46.5 Å². The second kappa shape index (κ2) is 14.7. The van der Waals surface area contributed by atoms with Gasteiger partial charge in [-0.2, -0.15) is 0 Å². The van der Waals surface area contributed by atoms with Crippen LogP contribution in [0.25, 0.3) is 0 Å². The smallest absolute Gasteiger partial charge is 0.180 e. The fourth-order valence-electron chi connectivity index (χ4n) is 3.27. The lowest BCUT2D eigenvalue weighted by molar-refractivity contribution is 0.0374. The molecule has 9 heteroatoms. The van der Waals surface area contributed by atoms with Gasteiger partial charge < -0.3 is 19.5 Å². The average molecular weight is 496 g/mol. The van der Waals surface area contributed by atoms with Crippen LogP contribution in [0.3, 0.4) is 0 Å². The molecule has 5 nitrogen and oxygen atoms in total. The number of ether oxygens (including phenoxy) is 3. The van der Waals surface area contributed by atoms with E-state index >= 15 is 0 Å². The van der Waals surface area contributed by atoms with Gasteiger partial charge in [-0.1, -0.05) is 29.8 Å². The van der Waals surface area contributed by atoms with Gasteiger partial charge in [0.15, 0.2) is 11.5 Å². The van der Waals surface area contributed by atoms with Crippen LogP contribution < -0.4 is 14.8 Å². The van der Waals surface area contributed by atoms with Gasteiger partial charge in [-0.05, 0) is 43.3 Å². The maximum absolute atomic E-state index is 13.8. The number of halogens is 4. The number of benzene rings is 2. The highest BCUT2D eigenvalue weighted by Gasteiger charge is 2.14. The van der Waals surface area contributed by atoms with Crippen molar-refractivity contribution in [3.05, 3.63) is 58.4 Å². The highest BCUT2D eigenvalue weighted by atomic mass is 35.5. The van der Waals surface area contributed by atoms with E-state index < -0.39 is 0 Å². The summed E-state index contributed by atoms with van der Waals surface area (Å²) in [6.45, 7) is 6.46. The van der Waals surface area contributed by atoms with E-state index in [0.29, 0.717) is 28.6 Å². The summed E-state index contributed by atoms with van der Waals surface area (Å²) in [6.07, 6.45) is 1.08. The Bertz CT molecular complexity index is 793. The molecule has 1 heterocycles. The van der Waals surface area contributed by atoms with Crippen molar-refractivity contribution in [1.82, 2.24) is 10.2 Å². The summed E-state index contributed by atoms with van der Waals surface area (Å²) in [5.74, 6) is 0.660. The van der Waals surface area contributed by atoms with E-state index in [1.54, 1.807) is 25.3 Å². The molecule has 0 atom stereocenters. The first-order chi connectivity index (χ1) is 14.2. The third kappa shape index (κ3) is 8.64. The molecule has 174 valence electrons. The fourth-order valence-corrected chi connectivity index (χ4v) is 3.55. The van der Waals surface area contributed by atoms with Gasteiger partial charge in [0.2, 0.25) is 0 Å². The molecule has 0 saturated carbocycles. The minimum Gasteiger partial charge on any atom is -0.493 e. The van der Waals surface area contributed by atoms with Crippen molar-refractivity contribution in [3.63, 3.8) is 0 Å². The molecule has 0 amide bonds. The Labute approximate surface area is 201 Å². The molecule has 2 aromatic carbocycles. The molecular weight excluding hydrogens is 466 g/mol. The Morgan fingerprint density at radius 1 is 1.16 bits per heavy atom. The van der Waals surface area contributed by atoms with Gasteiger partial charge in [0.1, 0.15) is 12.4 Å². The fraction of sp³-hybridized carbons (Fsp3) is 0.455. The molecule has 31 heavy (non-hydrogen) atoms. The first-order valence-corrected chi connectivity index (χ1v) is 10.3. The van der Waals surface area contributed by atoms with Gasteiger partial charge in [0.05, 0.1) is 25.3 Å². The Morgan fingerprint density at radius 2 is 1.90 bits per heavy atom. The molecule has 1 N–H and O–H groups in total. The van der Waals surface area contributed by atoms with Crippen LogP contribution in [0.2, 0.25) is 5.02 Å². The van der Waals surface area contributed by atoms with Gasteiger partial charge in [0, 0.05) is 25.2 Å². The molecule has 2 aromatic rings. The Balaban J connectivity index is 0.00000240. The molecule has 0 bridgehead atoms. The van der Waals surface area contributed by atoms with E-state index in [0.717, 1.165) is 51.4 Å². The topological polar surface area (TPSA) is 43.0 Å². The van der Waals surface area contributed by atoms with Crippen molar-refractivity contribution in [1.29, 1.82) is 0 Å². The maximum atomic E-state index is 13.8. The highest BCUT2D eigenvalue weighted by molar-refractivity contribution is 6.32. The molecule has 0 aliphatic carbocycles. The summed E-state index contributed by atoms with van der Waals surface area (Å²) >= 11 is 6.42. The van der Waals surface area contributed by atoms with Crippen molar-refractivity contribution < 1.29 is 18.6 Å². The number of nitrogens with one attached hydrogen (secondary N) is 1. The van der Waals surface area contributed by atoms with Crippen LogP contribution in [-0.4, -0.2) is 51.4 Å². The second-order valence-electron chi connectivity index (χ2n) is 6.97. The Hall–Kier alpha value is -1.28. The van der Waals surface area contributed by atoms with Crippen molar-refractivity contribution in [2.24, 2.45) is 0 Å². The standard InChI is InChI=1S/C22H28ClFN2O3.2ClH/c1-27-21-14-17(15-25-7-4-8-26-9-11-28-12-10-26)13-19(23)22(21)29-16-18-5-2-3-6-20(18)24;;/h2-3,5-6,13-14,25H,4,7-12,15-16H2,1H3;2*1H. The molecular formula is C22H30Cl3FN2O3. The first kappa shape index (κ1) is 27.8. The summed E-state index contributed by atoms with van der Waals surface area (Å²) in [6, 6.07) is 10.3.